The van der Waals surface area contributed by atoms with Gasteiger partial charge in [0, 0.05) is 26.0 Å². The van der Waals surface area contributed by atoms with E-state index in [4.69, 9.17) is 9.47 Å². The molecule has 1 amide bonds. The van der Waals surface area contributed by atoms with Crippen molar-refractivity contribution in [3.8, 4) is 0 Å². The van der Waals surface area contributed by atoms with Crippen molar-refractivity contribution in [1.82, 2.24) is 5.32 Å². The van der Waals surface area contributed by atoms with Crippen molar-refractivity contribution in [2.45, 2.75) is 20.1 Å². The molecule has 4 nitrogen and oxygen atoms in total. The Hall–Kier alpha value is -0.260. The second-order valence-corrected chi connectivity index (χ2v) is 3.56. The van der Waals surface area contributed by atoms with E-state index in [9.17, 15) is 4.79 Å². The average molecular weight is 221 g/mol. The van der Waals surface area contributed by atoms with Crippen LogP contribution in [0.2, 0.25) is 0 Å². The van der Waals surface area contributed by atoms with Crippen molar-refractivity contribution in [2.75, 3.05) is 31.8 Å². The van der Waals surface area contributed by atoms with Crippen LogP contribution < -0.4 is 5.32 Å². The normalized spacial score (nSPS) is 10.6. The molecule has 0 heterocycles. The number of rotatable bonds is 8. The molecule has 0 bridgehead atoms. The summed E-state index contributed by atoms with van der Waals surface area (Å²) in [6.45, 7) is 5.11. The van der Waals surface area contributed by atoms with E-state index in [-0.39, 0.29) is 12.2 Å². The Kier molecular flexibility index (Phi) is 9.13. The summed E-state index contributed by atoms with van der Waals surface area (Å²) in [6.07, 6.45) is -0.195. The van der Waals surface area contributed by atoms with Gasteiger partial charge in [-0.1, -0.05) is 0 Å². The summed E-state index contributed by atoms with van der Waals surface area (Å²) < 4.78 is 10.6. The summed E-state index contributed by atoms with van der Waals surface area (Å²) in [4.78, 5) is 10.9. The van der Waals surface area contributed by atoms with E-state index in [1.54, 1.807) is 7.05 Å². The van der Waals surface area contributed by atoms with E-state index in [0.717, 1.165) is 0 Å². The van der Waals surface area contributed by atoms with Crippen LogP contribution in [0.15, 0.2) is 0 Å². The highest BCUT2D eigenvalue weighted by Gasteiger charge is 2.08. The lowest BCUT2D eigenvalue weighted by molar-refractivity contribution is -0.120. The Morgan fingerprint density at radius 3 is 2.36 bits per heavy atom. The molecule has 0 saturated carbocycles. The summed E-state index contributed by atoms with van der Waals surface area (Å²) in [7, 11) is 1.63. The van der Waals surface area contributed by atoms with E-state index in [1.807, 2.05) is 13.8 Å². The molecule has 0 fully saturated rings. The molecule has 0 aliphatic rings. The zero-order valence-corrected chi connectivity index (χ0v) is 9.86. The Labute approximate surface area is 89.7 Å². The number of carbonyl (C=O) groups excluding carboxylic acids is 1. The van der Waals surface area contributed by atoms with Gasteiger partial charge in [-0.15, -0.1) is 11.8 Å². The van der Waals surface area contributed by atoms with Crippen molar-refractivity contribution in [3.63, 3.8) is 0 Å². The maximum absolute atomic E-state index is 10.9. The first-order chi connectivity index (χ1) is 6.74. The predicted molar refractivity (Wildman–Crippen MR) is 58.4 cm³/mol. The number of amides is 1. The minimum Gasteiger partial charge on any atom is -0.358 e. The lowest BCUT2D eigenvalue weighted by Gasteiger charge is -2.15. The van der Waals surface area contributed by atoms with Gasteiger partial charge in [-0.2, -0.15) is 0 Å². The van der Waals surface area contributed by atoms with Crippen LogP contribution in [-0.4, -0.2) is 44.0 Å². The lowest BCUT2D eigenvalue weighted by Crippen LogP contribution is -2.24. The van der Waals surface area contributed by atoms with Gasteiger partial charge in [-0.05, 0) is 13.8 Å². The number of hydrogen-bond donors (Lipinski definition) is 1. The highest BCUT2D eigenvalue weighted by molar-refractivity contribution is 7.99. The smallest absolute Gasteiger partial charge is 0.229 e. The molecule has 0 aliphatic carbocycles. The lowest BCUT2D eigenvalue weighted by atomic mass is 10.7. The van der Waals surface area contributed by atoms with Crippen LogP contribution in [0.4, 0.5) is 0 Å². The van der Waals surface area contributed by atoms with Crippen LogP contribution in [0.3, 0.4) is 0 Å². The third-order valence-electron chi connectivity index (χ3n) is 1.47. The number of hydrogen-bond acceptors (Lipinski definition) is 4. The van der Waals surface area contributed by atoms with Gasteiger partial charge in [-0.25, -0.2) is 0 Å². The fraction of sp³-hybridized carbons (Fsp3) is 0.889. The Balaban J connectivity index is 3.54. The molecule has 0 rings (SSSR count). The fourth-order valence-corrected chi connectivity index (χ4v) is 1.67. The predicted octanol–water partition coefficient (Wildman–Crippen LogP) is 0.865. The minimum atomic E-state index is -0.195. The second-order valence-electron chi connectivity index (χ2n) is 2.53. The molecule has 0 atom stereocenters. The monoisotopic (exact) mass is 221 g/mol. The SMILES string of the molecule is CCOC(CSCC(=O)NC)OCC. The molecule has 1 N–H and O–H groups in total. The molecule has 0 aromatic heterocycles. The number of ether oxygens (including phenoxy) is 2. The van der Waals surface area contributed by atoms with Crippen molar-refractivity contribution < 1.29 is 14.3 Å². The topological polar surface area (TPSA) is 47.6 Å². The van der Waals surface area contributed by atoms with Gasteiger partial charge in [0.1, 0.15) is 0 Å². The molecule has 0 radical (unpaired) electrons. The third-order valence-corrected chi connectivity index (χ3v) is 2.45. The van der Waals surface area contributed by atoms with Gasteiger partial charge in [0.15, 0.2) is 6.29 Å². The first-order valence-electron chi connectivity index (χ1n) is 4.76. The zero-order valence-electron chi connectivity index (χ0n) is 9.04. The highest BCUT2D eigenvalue weighted by atomic mass is 32.2. The molecule has 84 valence electrons. The van der Waals surface area contributed by atoms with E-state index in [0.29, 0.717) is 24.7 Å². The van der Waals surface area contributed by atoms with Gasteiger partial charge in [0.05, 0.1) is 5.75 Å². The Bertz CT molecular complexity index is 149. The van der Waals surface area contributed by atoms with Crippen LogP contribution >= 0.6 is 11.8 Å². The first kappa shape index (κ1) is 13.7. The fourth-order valence-electron chi connectivity index (χ4n) is 0.836. The third kappa shape index (κ3) is 7.17. The van der Waals surface area contributed by atoms with Crippen molar-refractivity contribution in [1.29, 1.82) is 0 Å². The van der Waals surface area contributed by atoms with Crippen LogP contribution in [0.25, 0.3) is 0 Å². The van der Waals surface area contributed by atoms with Crippen LogP contribution in [-0.2, 0) is 14.3 Å². The van der Waals surface area contributed by atoms with Crippen molar-refractivity contribution in [2.24, 2.45) is 0 Å². The van der Waals surface area contributed by atoms with Crippen LogP contribution in [0, 0.1) is 0 Å². The van der Waals surface area contributed by atoms with E-state index >= 15 is 0 Å². The molecule has 14 heavy (non-hydrogen) atoms. The Morgan fingerprint density at radius 2 is 1.93 bits per heavy atom. The van der Waals surface area contributed by atoms with Gasteiger partial charge in [-0.3, -0.25) is 4.79 Å². The van der Waals surface area contributed by atoms with E-state index in [2.05, 4.69) is 5.32 Å². The molecular weight excluding hydrogens is 202 g/mol. The first-order valence-corrected chi connectivity index (χ1v) is 5.91. The Morgan fingerprint density at radius 1 is 1.36 bits per heavy atom. The maximum atomic E-state index is 10.9. The maximum Gasteiger partial charge on any atom is 0.229 e. The van der Waals surface area contributed by atoms with Crippen LogP contribution in [0.1, 0.15) is 13.8 Å². The van der Waals surface area contributed by atoms with Gasteiger partial charge in [0.25, 0.3) is 0 Å². The molecule has 0 unspecified atom stereocenters. The van der Waals surface area contributed by atoms with Crippen LogP contribution in [0.5, 0.6) is 0 Å². The standard InChI is InChI=1S/C9H19NO3S/c1-4-12-9(13-5-2)7-14-6-8(11)10-3/h9H,4-7H2,1-3H3,(H,10,11). The minimum absolute atomic E-state index is 0.0294. The van der Waals surface area contributed by atoms with Crippen molar-refractivity contribution in [3.05, 3.63) is 0 Å². The number of thioether (sulfide) groups is 1. The quantitative estimate of drug-likeness (QED) is 0.618. The largest absolute Gasteiger partial charge is 0.358 e. The van der Waals surface area contributed by atoms with E-state index in [1.165, 1.54) is 11.8 Å². The second kappa shape index (κ2) is 9.30. The molecule has 0 spiro atoms. The molecule has 5 heteroatoms. The molecule has 0 saturated heterocycles. The van der Waals surface area contributed by atoms with E-state index < -0.39 is 0 Å². The molecular formula is C9H19NO3S. The summed E-state index contributed by atoms with van der Waals surface area (Å²) in [5.41, 5.74) is 0. The average Bonchev–Trinajstić information content (AvgIpc) is 2.18. The summed E-state index contributed by atoms with van der Waals surface area (Å²) in [5, 5.41) is 2.56. The number of carbonyl (C=O) groups is 1. The van der Waals surface area contributed by atoms with Crippen molar-refractivity contribution >= 4 is 17.7 Å². The molecule has 0 aliphatic heterocycles. The number of nitrogens with one attached hydrogen (secondary N) is 1. The highest BCUT2D eigenvalue weighted by Crippen LogP contribution is 2.06. The van der Waals surface area contributed by atoms with Gasteiger partial charge < -0.3 is 14.8 Å². The summed E-state index contributed by atoms with van der Waals surface area (Å²) >= 11 is 1.51. The summed E-state index contributed by atoms with van der Waals surface area (Å²) in [5.74, 6) is 1.17. The zero-order chi connectivity index (χ0) is 10.8. The summed E-state index contributed by atoms with van der Waals surface area (Å²) in [6, 6.07) is 0. The molecule has 0 aromatic rings. The van der Waals surface area contributed by atoms with Gasteiger partial charge in [0.2, 0.25) is 5.91 Å². The van der Waals surface area contributed by atoms with Gasteiger partial charge >= 0.3 is 0 Å². The molecule has 0 aromatic carbocycles.